The third-order valence-corrected chi connectivity index (χ3v) is 2.52. The van der Waals surface area contributed by atoms with E-state index in [1.54, 1.807) is 7.11 Å². The van der Waals surface area contributed by atoms with Gasteiger partial charge < -0.3 is 15.0 Å². The molecule has 0 aliphatic carbocycles. The number of nitrogens with zero attached hydrogens (tertiary/aromatic N) is 1. The Morgan fingerprint density at radius 1 is 1.25 bits per heavy atom. The number of ether oxygens (including phenoxy) is 1. The van der Waals surface area contributed by atoms with E-state index in [1.165, 1.54) is 11.3 Å². The summed E-state index contributed by atoms with van der Waals surface area (Å²) >= 11 is 0. The molecule has 0 amide bonds. The van der Waals surface area contributed by atoms with Crippen molar-refractivity contribution in [1.82, 2.24) is 5.32 Å². The summed E-state index contributed by atoms with van der Waals surface area (Å²) in [6, 6.07) is 8.97. The van der Waals surface area contributed by atoms with Crippen LogP contribution < -0.4 is 10.2 Å². The maximum Gasteiger partial charge on any atom is 0.0613 e. The first kappa shape index (κ1) is 13.0. The van der Waals surface area contributed by atoms with E-state index in [-0.39, 0.29) is 0 Å². The Bertz CT molecular complexity index is 295. The van der Waals surface area contributed by atoms with Crippen molar-refractivity contribution in [3.8, 4) is 0 Å². The molecule has 0 spiro atoms. The minimum atomic E-state index is 0.388. The van der Waals surface area contributed by atoms with E-state index in [1.807, 2.05) is 14.1 Å². The minimum absolute atomic E-state index is 0.388. The van der Waals surface area contributed by atoms with Gasteiger partial charge in [0.1, 0.15) is 0 Å². The molecule has 0 aromatic heterocycles. The van der Waals surface area contributed by atoms with Gasteiger partial charge in [0.05, 0.1) is 6.61 Å². The van der Waals surface area contributed by atoms with Crippen LogP contribution in [0.15, 0.2) is 24.3 Å². The number of nitrogens with one attached hydrogen (secondary N) is 1. The average molecular weight is 222 g/mol. The van der Waals surface area contributed by atoms with Crippen LogP contribution in [0, 0.1) is 0 Å². The van der Waals surface area contributed by atoms with Gasteiger partial charge >= 0.3 is 0 Å². The van der Waals surface area contributed by atoms with Crippen LogP contribution in [0.1, 0.15) is 12.5 Å². The first-order valence-corrected chi connectivity index (χ1v) is 5.62. The molecule has 3 heteroatoms. The topological polar surface area (TPSA) is 24.5 Å². The van der Waals surface area contributed by atoms with Gasteiger partial charge in [0.15, 0.2) is 0 Å². The second kappa shape index (κ2) is 6.51. The summed E-state index contributed by atoms with van der Waals surface area (Å²) in [5.74, 6) is 0. The third kappa shape index (κ3) is 4.21. The van der Waals surface area contributed by atoms with E-state index < -0.39 is 0 Å². The van der Waals surface area contributed by atoms with Crippen LogP contribution in [0.5, 0.6) is 0 Å². The van der Waals surface area contributed by atoms with Crippen molar-refractivity contribution in [2.75, 3.05) is 32.7 Å². The summed E-state index contributed by atoms with van der Waals surface area (Å²) in [7, 11) is 5.83. The van der Waals surface area contributed by atoms with Crippen molar-refractivity contribution in [1.29, 1.82) is 0 Å². The van der Waals surface area contributed by atoms with Crippen LogP contribution in [-0.2, 0) is 11.3 Å². The minimum Gasteiger partial charge on any atom is -0.383 e. The van der Waals surface area contributed by atoms with Crippen molar-refractivity contribution in [3.63, 3.8) is 0 Å². The monoisotopic (exact) mass is 222 g/mol. The second-order valence-corrected chi connectivity index (χ2v) is 4.30. The highest BCUT2D eigenvalue weighted by atomic mass is 16.5. The smallest absolute Gasteiger partial charge is 0.0613 e. The predicted molar refractivity (Wildman–Crippen MR) is 68.9 cm³/mol. The van der Waals surface area contributed by atoms with Crippen LogP contribution >= 0.6 is 0 Å². The van der Waals surface area contributed by atoms with E-state index in [4.69, 9.17) is 4.74 Å². The molecule has 0 saturated carbocycles. The van der Waals surface area contributed by atoms with Gasteiger partial charge in [-0.3, -0.25) is 0 Å². The number of rotatable bonds is 6. The molecule has 16 heavy (non-hydrogen) atoms. The maximum atomic E-state index is 5.07. The largest absolute Gasteiger partial charge is 0.383 e. The van der Waals surface area contributed by atoms with Gasteiger partial charge in [0.2, 0.25) is 0 Å². The van der Waals surface area contributed by atoms with Gasteiger partial charge in [-0.25, -0.2) is 0 Å². The van der Waals surface area contributed by atoms with Gasteiger partial charge in [-0.2, -0.15) is 0 Å². The lowest BCUT2D eigenvalue weighted by Crippen LogP contribution is -2.29. The van der Waals surface area contributed by atoms with E-state index in [9.17, 15) is 0 Å². The Morgan fingerprint density at radius 3 is 2.38 bits per heavy atom. The molecule has 0 bridgehead atoms. The van der Waals surface area contributed by atoms with Gasteiger partial charge in [-0.15, -0.1) is 0 Å². The molecule has 1 aromatic rings. The van der Waals surface area contributed by atoms with Gasteiger partial charge in [0, 0.05) is 39.5 Å². The maximum absolute atomic E-state index is 5.07. The molecule has 1 rings (SSSR count). The number of hydrogen-bond acceptors (Lipinski definition) is 3. The molecule has 0 aliphatic heterocycles. The highest BCUT2D eigenvalue weighted by Gasteiger charge is 2.00. The quantitative estimate of drug-likeness (QED) is 0.795. The van der Waals surface area contributed by atoms with Crippen LogP contribution in [0.4, 0.5) is 5.69 Å². The lowest BCUT2D eigenvalue weighted by molar-refractivity contribution is 0.171. The zero-order chi connectivity index (χ0) is 12.0. The Hall–Kier alpha value is -1.06. The van der Waals surface area contributed by atoms with Crippen LogP contribution in [0.2, 0.25) is 0 Å². The summed E-state index contributed by atoms with van der Waals surface area (Å²) < 4.78 is 5.07. The number of benzene rings is 1. The van der Waals surface area contributed by atoms with Crippen LogP contribution in [-0.4, -0.2) is 33.9 Å². The third-order valence-electron chi connectivity index (χ3n) is 2.52. The van der Waals surface area contributed by atoms with Crippen molar-refractivity contribution >= 4 is 5.69 Å². The molecule has 3 nitrogen and oxygen atoms in total. The van der Waals surface area contributed by atoms with E-state index in [0.717, 1.165) is 13.2 Å². The zero-order valence-corrected chi connectivity index (χ0v) is 10.7. The van der Waals surface area contributed by atoms with Gasteiger partial charge in [0.25, 0.3) is 0 Å². The fourth-order valence-corrected chi connectivity index (χ4v) is 1.51. The molecule has 0 aliphatic rings. The number of methoxy groups -OCH3 is 1. The summed E-state index contributed by atoms with van der Waals surface area (Å²) in [4.78, 5) is 2.10. The molecular formula is C13H22N2O. The molecular weight excluding hydrogens is 200 g/mol. The predicted octanol–water partition coefficient (Wildman–Crippen LogP) is 1.88. The molecule has 1 N–H and O–H groups in total. The zero-order valence-electron chi connectivity index (χ0n) is 10.7. The number of hydrogen-bond donors (Lipinski definition) is 1. The summed E-state index contributed by atoms with van der Waals surface area (Å²) in [6.45, 7) is 3.76. The van der Waals surface area contributed by atoms with E-state index >= 15 is 0 Å². The molecule has 1 unspecified atom stereocenters. The molecule has 0 fully saturated rings. The summed E-state index contributed by atoms with van der Waals surface area (Å²) in [6.07, 6.45) is 0. The van der Waals surface area contributed by atoms with Crippen LogP contribution in [0.3, 0.4) is 0 Å². The summed E-state index contributed by atoms with van der Waals surface area (Å²) in [5.41, 5.74) is 2.53. The fraction of sp³-hybridized carbons (Fsp3) is 0.538. The summed E-state index contributed by atoms with van der Waals surface area (Å²) in [5, 5.41) is 3.41. The van der Waals surface area contributed by atoms with Gasteiger partial charge in [-0.1, -0.05) is 12.1 Å². The Morgan fingerprint density at radius 2 is 1.88 bits per heavy atom. The SMILES string of the molecule is COCC(C)NCc1ccc(N(C)C)cc1. The standard InChI is InChI=1S/C13H22N2O/c1-11(10-16-4)14-9-12-5-7-13(8-6-12)15(2)3/h5-8,11,14H,9-10H2,1-4H3. The lowest BCUT2D eigenvalue weighted by atomic mass is 10.2. The molecule has 1 aromatic carbocycles. The van der Waals surface area contributed by atoms with Crippen molar-refractivity contribution in [2.24, 2.45) is 0 Å². The molecule has 0 saturated heterocycles. The van der Waals surface area contributed by atoms with Crippen molar-refractivity contribution in [2.45, 2.75) is 19.5 Å². The first-order chi connectivity index (χ1) is 7.63. The molecule has 1 atom stereocenters. The highest BCUT2D eigenvalue weighted by molar-refractivity contribution is 5.45. The highest BCUT2D eigenvalue weighted by Crippen LogP contribution is 2.11. The van der Waals surface area contributed by atoms with E-state index in [0.29, 0.717) is 6.04 Å². The Balaban J connectivity index is 2.43. The fourth-order valence-electron chi connectivity index (χ4n) is 1.51. The second-order valence-electron chi connectivity index (χ2n) is 4.30. The molecule has 90 valence electrons. The average Bonchev–Trinajstić information content (AvgIpc) is 2.27. The van der Waals surface area contributed by atoms with Crippen molar-refractivity contribution < 1.29 is 4.74 Å². The molecule has 0 heterocycles. The number of anilines is 1. The van der Waals surface area contributed by atoms with Gasteiger partial charge in [-0.05, 0) is 24.6 Å². The van der Waals surface area contributed by atoms with Crippen LogP contribution in [0.25, 0.3) is 0 Å². The van der Waals surface area contributed by atoms with Crippen molar-refractivity contribution in [3.05, 3.63) is 29.8 Å². The lowest BCUT2D eigenvalue weighted by Gasteiger charge is -2.15. The Labute approximate surface area is 98.4 Å². The normalized spacial score (nSPS) is 12.5. The first-order valence-electron chi connectivity index (χ1n) is 5.62. The van der Waals surface area contributed by atoms with E-state index in [2.05, 4.69) is 41.4 Å². The Kier molecular flexibility index (Phi) is 5.29. The molecule has 0 radical (unpaired) electrons.